The molecule has 0 saturated carbocycles. The minimum absolute atomic E-state index is 0.707. The molecule has 0 bridgehead atoms. The van der Waals surface area contributed by atoms with E-state index in [0.717, 1.165) is 23.5 Å². The quantitative estimate of drug-likeness (QED) is 0.775. The third-order valence-corrected chi connectivity index (χ3v) is 2.31. The number of fused-ring (bicyclic) bond motifs is 1. The first-order valence-corrected chi connectivity index (χ1v) is 4.93. The summed E-state index contributed by atoms with van der Waals surface area (Å²) < 4.78 is 5.42. The topological polar surface area (TPSA) is 41.3 Å². The Balaban J connectivity index is 2.37. The van der Waals surface area contributed by atoms with Crippen molar-refractivity contribution in [3.05, 3.63) is 24.1 Å². The molecule has 1 aromatic heterocycles. The van der Waals surface area contributed by atoms with Crippen LogP contribution in [-0.4, -0.2) is 25.7 Å². The van der Waals surface area contributed by atoms with E-state index in [2.05, 4.69) is 15.2 Å². The van der Waals surface area contributed by atoms with Crippen molar-refractivity contribution in [2.45, 2.75) is 6.92 Å². The first-order chi connectivity index (χ1) is 7.20. The fourth-order valence-corrected chi connectivity index (χ4v) is 1.60. The van der Waals surface area contributed by atoms with Gasteiger partial charge in [-0.1, -0.05) is 0 Å². The molecule has 0 saturated heterocycles. The van der Waals surface area contributed by atoms with Gasteiger partial charge in [0.05, 0.1) is 6.67 Å². The predicted octanol–water partition coefficient (Wildman–Crippen LogP) is 1.75. The highest BCUT2D eigenvalue weighted by atomic mass is 16.3. The van der Waals surface area contributed by atoms with Crippen molar-refractivity contribution in [2.24, 2.45) is 0 Å². The van der Waals surface area contributed by atoms with Gasteiger partial charge in [-0.05, 0) is 25.2 Å². The fourth-order valence-electron chi connectivity index (χ4n) is 1.60. The lowest BCUT2D eigenvalue weighted by Crippen LogP contribution is -2.28. The number of benzene rings is 1. The SMILES string of the molecule is CNCN(C)c1ccc2oc(C)nc2c1. The van der Waals surface area contributed by atoms with Crippen molar-refractivity contribution in [2.75, 3.05) is 25.7 Å². The van der Waals surface area contributed by atoms with E-state index in [9.17, 15) is 0 Å². The summed E-state index contributed by atoms with van der Waals surface area (Å²) in [6.45, 7) is 2.67. The summed E-state index contributed by atoms with van der Waals surface area (Å²) in [5, 5.41) is 3.10. The summed E-state index contributed by atoms with van der Waals surface area (Å²) in [5.74, 6) is 0.707. The Kier molecular flexibility index (Phi) is 2.60. The highest BCUT2D eigenvalue weighted by Gasteiger charge is 2.05. The molecule has 1 heterocycles. The largest absolute Gasteiger partial charge is 0.441 e. The minimum Gasteiger partial charge on any atom is -0.441 e. The average molecular weight is 205 g/mol. The maximum Gasteiger partial charge on any atom is 0.192 e. The van der Waals surface area contributed by atoms with Crippen LogP contribution in [-0.2, 0) is 0 Å². The summed E-state index contributed by atoms with van der Waals surface area (Å²) in [7, 11) is 3.96. The molecule has 0 unspecified atom stereocenters. The van der Waals surface area contributed by atoms with Crippen LogP contribution in [0.25, 0.3) is 11.1 Å². The van der Waals surface area contributed by atoms with Crippen molar-refractivity contribution in [1.29, 1.82) is 0 Å². The number of nitrogens with one attached hydrogen (secondary N) is 1. The van der Waals surface area contributed by atoms with Crippen molar-refractivity contribution < 1.29 is 4.42 Å². The summed E-state index contributed by atoms with van der Waals surface area (Å²) >= 11 is 0. The van der Waals surface area contributed by atoms with Gasteiger partial charge in [-0.25, -0.2) is 4.98 Å². The third-order valence-electron chi connectivity index (χ3n) is 2.31. The molecule has 1 aromatic carbocycles. The van der Waals surface area contributed by atoms with Gasteiger partial charge < -0.3 is 14.6 Å². The second-order valence-electron chi connectivity index (χ2n) is 3.59. The first-order valence-electron chi connectivity index (χ1n) is 4.93. The normalized spacial score (nSPS) is 10.9. The van der Waals surface area contributed by atoms with E-state index < -0.39 is 0 Å². The van der Waals surface area contributed by atoms with Crippen LogP contribution in [0.2, 0.25) is 0 Å². The van der Waals surface area contributed by atoms with E-state index >= 15 is 0 Å². The van der Waals surface area contributed by atoms with E-state index in [1.807, 2.05) is 39.2 Å². The van der Waals surface area contributed by atoms with Crippen LogP contribution in [0, 0.1) is 6.92 Å². The molecule has 2 aromatic rings. The molecule has 15 heavy (non-hydrogen) atoms. The zero-order valence-corrected chi connectivity index (χ0v) is 9.24. The molecule has 0 spiro atoms. The molecular weight excluding hydrogens is 190 g/mol. The highest BCUT2D eigenvalue weighted by Crippen LogP contribution is 2.21. The Bertz CT molecular complexity index is 464. The van der Waals surface area contributed by atoms with Gasteiger partial charge in [-0.15, -0.1) is 0 Å². The number of anilines is 1. The van der Waals surface area contributed by atoms with Crippen LogP contribution in [0.15, 0.2) is 22.6 Å². The van der Waals surface area contributed by atoms with Crippen molar-refractivity contribution in [3.8, 4) is 0 Å². The number of aryl methyl sites for hydroxylation is 1. The van der Waals surface area contributed by atoms with Crippen LogP contribution in [0.1, 0.15) is 5.89 Å². The smallest absolute Gasteiger partial charge is 0.192 e. The highest BCUT2D eigenvalue weighted by molar-refractivity contribution is 5.77. The predicted molar refractivity (Wildman–Crippen MR) is 61.1 cm³/mol. The lowest BCUT2D eigenvalue weighted by Gasteiger charge is -2.18. The first kappa shape index (κ1) is 9.98. The molecule has 0 amide bonds. The molecule has 80 valence electrons. The summed E-state index contributed by atoms with van der Waals surface area (Å²) in [5.41, 5.74) is 2.88. The van der Waals surface area contributed by atoms with E-state index in [1.54, 1.807) is 0 Å². The molecule has 1 N–H and O–H groups in total. The number of rotatable bonds is 3. The molecule has 4 heteroatoms. The average Bonchev–Trinajstić information content (AvgIpc) is 2.57. The standard InChI is InChI=1S/C11H15N3O/c1-8-13-10-6-9(14(3)7-12-2)4-5-11(10)15-8/h4-6,12H,7H2,1-3H3. The van der Waals surface area contributed by atoms with E-state index in [1.165, 1.54) is 0 Å². The van der Waals surface area contributed by atoms with Gasteiger partial charge >= 0.3 is 0 Å². The molecule has 4 nitrogen and oxygen atoms in total. The van der Waals surface area contributed by atoms with Crippen LogP contribution < -0.4 is 10.2 Å². The maximum absolute atomic E-state index is 5.42. The van der Waals surface area contributed by atoms with Gasteiger partial charge in [0.25, 0.3) is 0 Å². The van der Waals surface area contributed by atoms with Crippen LogP contribution >= 0.6 is 0 Å². The second-order valence-corrected chi connectivity index (χ2v) is 3.59. The van der Waals surface area contributed by atoms with Crippen molar-refractivity contribution in [1.82, 2.24) is 10.3 Å². The van der Waals surface area contributed by atoms with Gasteiger partial charge in [-0.2, -0.15) is 0 Å². The van der Waals surface area contributed by atoms with Gasteiger partial charge in [0.15, 0.2) is 11.5 Å². The molecule has 0 aliphatic heterocycles. The lowest BCUT2D eigenvalue weighted by atomic mass is 10.3. The zero-order chi connectivity index (χ0) is 10.8. The van der Waals surface area contributed by atoms with Gasteiger partial charge in [0.1, 0.15) is 5.52 Å². The minimum atomic E-state index is 0.707. The van der Waals surface area contributed by atoms with E-state index in [0.29, 0.717) is 5.89 Å². The van der Waals surface area contributed by atoms with Crippen molar-refractivity contribution >= 4 is 16.8 Å². The Morgan fingerprint density at radius 2 is 2.27 bits per heavy atom. The fraction of sp³-hybridized carbons (Fsp3) is 0.364. The third kappa shape index (κ3) is 1.94. The maximum atomic E-state index is 5.42. The molecular formula is C11H15N3O. The number of aromatic nitrogens is 1. The van der Waals surface area contributed by atoms with Crippen LogP contribution in [0.5, 0.6) is 0 Å². The summed E-state index contributed by atoms with van der Waals surface area (Å²) in [6, 6.07) is 6.02. The van der Waals surface area contributed by atoms with E-state index in [4.69, 9.17) is 4.42 Å². The molecule has 0 radical (unpaired) electrons. The van der Waals surface area contributed by atoms with Crippen molar-refractivity contribution in [3.63, 3.8) is 0 Å². The Morgan fingerprint density at radius 1 is 1.47 bits per heavy atom. The lowest BCUT2D eigenvalue weighted by molar-refractivity contribution is 0.561. The summed E-state index contributed by atoms with van der Waals surface area (Å²) in [4.78, 5) is 6.42. The molecule has 2 rings (SSSR count). The summed E-state index contributed by atoms with van der Waals surface area (Å²) in [6.07, 6.45) is 0. The molecule has 0 fully saturated rings. The molecule has 0 aliphatic carbocycles. The molecule has 0 atom stereocenters. The van der Waals surface area contributed by atoms with Gasteiger partial charge in [0, 0.05) is 19.7 Å². The Morgan fingerprint density at radius 3 is 3.00 bits per heavy atom. The number of nitrogens with zero attached hydrogens (tertiary/aromatic N) is 2. The number of hydrogen-bond acceptors (Lipinski definition) is 4. The number of oxazole rings is 1. The molecule has 0 aliphatic rings. The second kappa shape index (κ2) is 3.90. The van der Waals surface area contributed by atoms with Crippen LogP contribution in [0.3, 0.4) is 0 Å². The monoisotopic (exact) mass is 205 g/mol. The van der Waals surface area contributed by atoms with Gasteiger partial charge in [0.2, 0.25) is 0 Å². The Hall–Kier alpha value is -1.55. The number of hydrogen-bond donors (Lipinski definition) is 1. The van der Waals surface area contributed by atoms with Gasteiger partial charge in [-0.3, -0.25) is 0 Å². The van der Waals surface area contributed by atoms with E-state index in [-0.39, 0.29) is 0 Å². The Labute approximate surface area is 88.9 Å². The zero-order valence-electron chi connectivity index (χ0n) is 9.24. The van der Waals surface area contributed by atoms with Crippen LogP contribution in [0.4, 0.5) is 5.69 Å².